The molecule has 152 valence electrons. The van der Waals surface area contributed by atoms with Crippen LogP contribution in [0.3, 0.4) is 0 Å². The van der Waals surface area contributed by atoms with Crippen LogP contribution in [0.15, 0.2) is 47.9 Å². The minimum Gasteiger partial charge on any atom is -0.497 e. The van der Waals surface area contributed by atoms with Gasteiger partial charge in [-0.2, -0.15) is 0 Å². The zero-order valence-electron chi connectivity index (χ0n) is 16.3. The normalized spacial score (nSPS) is 16.2. The van der Waals surface area contributed by atoms with Crippen molar-refractivity contribution < 1.29 is 14.3 Å². The van der Waals surface area contributed by atoms with Crippen molar-refractivity contribution in [3.63, 3.8) is 0 Å². The number of nitrogens with zero attached hydrogens (tertiary/aromatic N) is 3. The second-order valence-corrected chi connectivity index (χ2v) is 7.87. The van der Waals surface area contributed by atoms with Crippen molar-refractivity contribution in [3.05, 3.63) is 48.3 Å². The maximum Gasteiger partial charge on any atom is 0.240 e. The van der Waals surface area contributed by atoms with Gasteiger partial charge in [-0.25, -0.2) is 4.98 Å². The predicted molar refractivity (Wildman–Crippen MR) is 112 cm³/mol. The van der Waals surface area contributed by atoms with Gasteiger partial charge in [-0.3, -0.25) is 9.78 Å². The van der Waals surface area contributed by atoms with Crippen molar-refractivity contribution in [3.8, 4) is 5.75 Å². The van der Waals surface area contributed by atoms with E-state index in [0.717, 1.165) is 52.7 Å². The van der Waals surface area contributed by atoms with Crippen LogP contribution in [0.2, 0.25) is 0 Å². The lowest BCUT2D eigenvalue weighted by Gasteiger charge is -2.12. The molecule has 0 spiro atoms. The van der Waals surface area contributed by atoms with Gasteiger partial charge >= 0.3 is 0 Å². The van der Waals surface area contributed by atoms with E-state index in [-0.39, 0.29) is 18.6 Å². The van der Waals surface area contributed by atoms with Crippen molar-refractivity contribution in [1.82, 2.24) is 19.9 Å². The van der Waals surface area contributed by atoms with Crippen molar-refractivity contribution >= 4 is 28.7 Å². The van der Waals surface area contributed by atoms with Gasteiger partial charge in [0.1, 0.15) is 12.3 Å². The molecule has 1 fully saturated rings. The standard InChI is InChI=1S/C21H24N4O3S/c1-27-16-5-2-4-15(10-16)14-29-21-24-18-7-8-22-12-19(18)25(21)13-20(26)23-11-17-6-3-9-28-17/h2,4-5,7-8,10,12,17H,3,6,9,11,13-14H2,1H3,(H,23,26)/t17-/m0/s1. The number of fused-ring (bicyclic) bond motifs is 1. The zero-order valence-corrected chi connectivity index (χ0v) is 17.2. The van der Waals surface area contributed by atoms with Crippen LogP contribution in [-0.4, -0.2) is 46.8 Å². The number of amides is 1. The van der Waals surface area contributed by atoms with E-state index in [1.807, 2.05) is 28.8 Å². The Hall–Kier alpha value is -2.58. The lowest BCUT2D eigenvalue weighted by molar-refractivity contribution is -0.122. The van der Waals surface area contributed by atoms with E-state index in [9.17, 15) is 4.79 Å². The molecule has 0 bridgehead atoms. The van der Waals surface area contributed by atoms with E-state index in [1.165, 1.54) is 0 Å². The number of imidazole rings is 1. The number of ether oxygens (including phenoxy) is 2. The second kappa shape index (κ2) is 9.28. The number of benzene rings is 1. The van der Waals surface area contributed by atoms with E-state index >= 15 is 0 Å². The smallest absolute Gasteiger partial charge is 0.240 e. The fraction of sp³-hybridized carbons (Fsp3) is 0.381. The maximum atomic E-state index is 12.6. The molecule has 1 aromatic carbocycles. The van der Waals surface area contributed by atoms with Crippen molar-refractivity contribution in [2.45, 2.75) is 36.4 Å². The molecule has 0 unspecified atom stereocenters. The Morgan fingerprint density at radius 3 is 3.17 bits per heavy atom. The number of methoxy groups -OCH3 is 1. The molecule has 1 aliphatic rings. The van der Waals surface area contributed by atoms with Gasteiger partial charge in [-0.05, 0) is 36.6 Å². The fourth-order valence-electron chi connectivity index (χ4n) is 3.35. The van der Waals surface area contributed by atoms with Gasteiger partial charge in [0.05, 0.1) is 30.4 Å². The Balaban J connectivity index is 1.48. The fourth-order valence-corrected chi connectivity index (χ4v) is 4.31. The number of aromatic nitrogens is 3. The van der Waals surface area contributed by atoms with Crippen molar-refractivity contribution in [1.29, 1.82) is 0 Å². The van der Waals surface area contributed by atoms with Crippen LogP contribution in [0, 0.1) is 0 Å². The second-order valence-electron chi connectivity index (χ2n) is 6.92. The summed E-state index contributed by atoms with van der Waals surface area (Å²) in [5.74, 6) is 1.51. The van der Waals surface area contributed by atoms with Gasteiger partial charge in [0.25, 0.3) is 0 Å². The van der Waals surface area contributed by atoms with Gasteiger partial charge in [-0.1, -0.05) is 23.9 Å². The summed E-state index contributed by atoms with van der Waals surface area (Å²) in [5.41, 5.74) is 2.82. The quantitative estimate of drug-likeness (QED) is 0.573. The third-order valence-corrected chi connectivity index (χ3v) is 5.92. The predicted octanol–water partition coefficient (Wildman–Crippen LogP) is 3.03. The summed E-state index contributed by atoms with van der Waals surface area (Å²) in [5, 5.41) is 3.78. The summed E-state index contributed by atoms with van der Waals surface area (Å²) >= 11 is 1.59. The van der Waals surface area contributed by atoms with Crippen LogP contribution in [-0.2, 0) is 21.8 Å². The van der Waals surface area contributed by atoms with E-state index in [4.69, 9.17) is 14.5 Å². The lowest BCUT2D eigenvalue weighted by atomic mass is 10.2. The SMILES string of the molecule is COc1cccc(CSc2nc3ccncc3n2CC(=O)NC[C@@H]2CCCO2)c1. The van der Waals surface area contributed by atoms with E-state index < -0.39 is 0 Å². The summed E-state index contributed by atoms with van der Waals surface area (Å²) in [7, 11) is 1.66. The number of carbonyl (C=O) groups excluding carboxylic acids is 1. The van der Waals surface area contributed by atoms with E-state index in [1.54, 1.807) is 31.3 Å². The van der Waals surface area contributed by atoms with E-state index in [2.05, 4.69) is 16.4 Å². The average molecular weight is 413 g/mol. The first-order valence-electron chi connectivity index (χ1n) is 9.67. The Labute approximate surface area is 173 Å². The Morgan fingerprint density at radius 1 is 1.41 bits per heavy atom. The van der Waals surface area contributed by atoms with Gasteiger partial charge in [0, 0.05) is 25.1 Å². The van der Waals surface area contributed by atoms with Gasteiger partial charge < -0.3 is 19.4 Å². The molecule has 3 aromatic rings. The molecular formula is C21H24N4O3S. The van der Waals surface area contributed by atoms with Gasteiger partial charge in [0.2, 0.25) is 5.91 Å². The molecule has 2 aromatic heterocycles. The number of nitrogens with one attached hydrogen (secondary N) is 1. The maximum absolute atomic E-state index is 12.6. The highest BCUT2D eigenvalue weighted by molar-refractivity contribution is 7.98. The molecule has 0 radical (unpaired) electrons. The first kappa shape index (κ1) is 19.7. The zero-order chi connectivity index (χ0) is 20.1. The number of pyridine rings is 1. The van der Waals surface area contributed by atoms with Gasteiger partial charge in [-0.15, -0.1) is 0 Å². The van der Waals surface area contributed by atoms with Crippen molar-refractivity contribution in [2.75, 3.05) is 20.3 Å². The third kappa shape index (κ3) is 4.89. The largest absolute Gasteiger partial charge is 0.497 e. The highest BCUT2D eigenvalue weighted by Gasteiger charge is 2.18. The van der Waals surface area contributed by atoms with Crippen LogP contribution >= 0.6 is 11.8 Å². The number of thioether (sulfide) groups is 1. The molecule has 1 aliphatic heterocycles. The average Bonchev–Trinajstić information content (AvgIpc) is 3.39. The summed E-state index contributed by atoms with van der Waals surface area (Å²) in [6.45, 7) is 1.54. The summed E-state index contributed by atoms with van der Waals surface area (Å²) < 4.78 is 12.8. The van der Waals surface area contributed by atoms with Crippen LogP contribution < -0.4 is 10.1 Å². The van der Waals surface area contributed by atoms with Crippen LogP contribution in [0.5, 0.6) is 5.75 Å². The summed E-state index contributed by atoms with van der Waals surface area (Å²) in [4.78, 5) is 21.5. The molecule has 7 nitrogen and oxygen atoms in total. The molecule has 1 atom stereocenters. The number of hydrogen-bond acceptors (Lipinski definition) is 6. The molecule has 8 heteroatoms. The molecule has 4 rings (SSSR count). The summed E-state index contributed by atoms with van der Waals surface area (Å²) in [6, 6.07) is 9.83. The molecule has 0 aliphatic carbocycles. The number of rotatable bonds is 8. The Morgan fingerprint density at radius 2 is 2.34 bits per heavy atom. The van der Waals surface area contributed by atoms with Crippen LogP contribution in [0.1, 0.15) is 18.4 Å². The monoisotopic (exact) mass is 412 g/mol. The molecule has 3 heterocycles. The molecule has 1 amide bonds. The first-order valence-corrected chi connectivity index (χ1v) is 10.7. The highest BCUT2D eigenvalue weighted by atomic mass is 32.2. The molecule has 1 N–H and O–H groups in total. The molecular weight excluding hydrogens is 388 g/mol. The lowest BCUT2D eigenvalue weighted by Crippen LogP contribution is -2.34. The number of hydrogen-bond donors (Lipinski definition) is 1. The first-order chi connectivity index (χ1) is 14.2. The van der Waals surface area contributed by atoms with Crippen LogP contribution in [0.4, 0.5) is 0 Å². The minimum atomic E-state index is -0.0492. The third-order valence-electron chi connectivity index (χ3n) is 4.87. The Kier molecular flexibility index (Phi) is 6.31. The van der Waals surface area contributed by atoms with Gasteiger partial charge in [0.15, 0.2) is 5.16 Å². The molecule has 0 saturated carbocycles. The topological polar surface area (TPSA) is 78.3 Å². The minimum absolute atomic E-state index is 0.0492. The van der Waals surface area contributed by atoms with Crippen LogP contribution in [0.25, 0.3) is 11.0 Å². The Bertz CT molecular complexity index is 985. The van der Waals surface area contributed by atoms with E-state index in [0.29, 0.717) is 6.54 Å². The number of carbonyl (C=O) groups is 1. The summed E-state index contributed by atoms with van der Waals surface area (Å²) in [6.07, 6.45) is 5.66. The molecule has 29 heavy (non-hydrogen) atoms. The van der Waals surface area contributed by atoms with Crippen molar-refractivity contribution in [2.24, 2.45) is 0 Å². The highest BCUT2D eigenvalue weighted by Crippen LogP contribution is 2.27. The molecule has 1 saturated heterocycles.